The fourth-order valence-corrected chi connectivity index (χ4v) is 2.35. The highest BCUT2D eigenvalue weighted by atomic mass is 35.5. The second kappa shape index (κ2) is 7.97. The fraction of sp³-hybridized carbons (Fsp3) is 0.222. The summed E-state index contributed by atoms with van der Waals surface area (Å²) in [4.78, 5) is 39.6. The van der Waals surface area contributed by atoms with Crippen LogP contribution in [0.1, 0.15) is 33.6 Å². The number of hydrogen-bond donors (Lipinski definition) is 2. The van der Waals surface area contributed by atoms with Crippen LogP contribution in [0.3, 0.4) is 0 Å². The molecule has 0 spiro atoms. The first-order valence-corrected chi connectivity index (χ1v) is 8.38. The van der Waals surface area contributed by atoms with E-state index in [4.69, 9.17) is 16.3 Å². The summed E-state index contributed by atoms with van der Waals surface area (Å²) in [5.41, 5.74) is 1.11. The molecule has 0 atom stereocenters. The monoisotopic (exact) mass is 373 g/mol. The Morgan fingerprint density at radius 1 is 1.15 bits per heavy atom. The van der Waals surface area contributed by atoms with Crippen molar-refractivity contribution in [3.05, 3.63) is 58.9 Å². The maximum Gasteiger partial charge on any atom is 0.338 e. The number of nitrogens with zero attached hydrogens (tertiary/aromatic N) is 1. The van der Waals surface area contributed by atoms with Crippen molar-refractivity contribution in [2.45, 2.75) is 18.9 Å². The van der Waals surface area contributed by atoms with Gasteiger partial charge in [-0.15, -0.1) is 0 Å². The number of nitrogens with one attached hydrogen (secondary N) is 2. The van der Waals surface area contributed by atoms with Crippen molar-refractivity contribution >= 4 is 35.1 Å². The van der Waals surface area contributed by atoms with E-state index in [0.29, 0.717) is 11.3 Å². The Morgan fingerprint density at radius 2 is 1.96 bits per heavy atom. The van der Waals surface area contributed by atoms with Crippen LogP contribution in [0.15, 0.2) is 42.6 Å². The lowest BCUT2D eigenvalue weighted by atomic mass is 10.2. The lowest BCUT2D eigenvalue weighted by Gasteiger charge is -2.08. The molecule has 7 nitrogen and oxygen atoms in total. The number of carbonyl (C=O) groups excluding carboxylic acids is 3. The molecule has 2 aromatic rings. The number of carbonyl (C=O) groups is 3. The standard InChI is InChI=1S/C18H16ClN3O4/c19-15-9-12(6-7-20-15)18(25)26-10-16(23)21-14-3-1-2-11(8-14)17(24)22-13-4-5-13/h1-3,6-9,13H,4-5,10H2,(H,21,23)(H,22,24). The number of esters is 1. The molecule has 2 N–H and O–H groups in total. The molecule has 0 aliphatic heterocycles. The minimum atomic E-state index is -0.679. The molecule has 1 heterocycles. The molecule has 2 amide bonds. The van der Waals surface area contributed by atoms with E-state index < -0.39 is 18.5 Å². The highest BCUT2D eigenvalue weighted by molar-refractivity contribution is 6.29. The van der Waals surface area contributed by atoms with E-state index in [1.807, 2.05) is 0 Å². The minimum Gasteiger partial charge on any atom is -0.452 e. The Balaban J connectivity index is 1.53. The van der Waals surface area contributed by atoms with Crippen molar-refractivity contribution in [3.8, 4) is 0 Å². The number of ether oxygens (including phenoxy) is 1. The summed E-state index contributed by atoms with van der Waals surface area (Å²) in [5, 5.41) is 5.62. The second-order valence-electron chi connectivity index (χ2n) is 5.82. The maximum absolute atomic E-state index is 12.0. The van der Waals surface area contributed by atoms with Crippen molar-refractivity contribution in [1.29, 1.82) is 0 Å². The zero-order chi connectivity index (χ0) is 18.5. The van der Waals surface area contributed by atoms with E-state index in [-0.39, 0.29) is 22.7 Å². The zero-order valence-electron chi connectivity index (χ0n) is 13.7. The lowest BCUT2D eigenvalue weighted by molar-refractivity contribution is -0.119. The van der Waals surface area contributed by atoms with Gasteiger partial charge in [-0.2, -0.15) is 0 Å². The average molecular weight is 374 g/mol. The normalized spacial score (nSPS) is 13.0. The van der Waals surface area contributed by atoms with Crippen LogP contribution in [-0.2, 0) is 9.53 Å². The molecule has 1 aliphatic carbocycles. The summed E-state index contributed by atoms with van der Waals surface area (Å²) in [6.07, 6.45) is 3.36. The predicted molar refractivity (Wildman–Crippen MR) is 95.1 cm³/mol. The molecule has 1 aromatic carbocycles. The summed E-state index contributed by atoms with van der Waals surface area (Å²) < 4.78 is 4.94. The molecule has 1 aliphatic rings. The van der Waals surface area contributed by atoms with Gasteiger partial charge in [0.1, 0.15) is 5.15 Å². The van der Waals surface area contributed by atoms with Crippen LogP contribution >= 0.6 is 11.6 Å². The topological polar surface area (TPSA) is 97.4 Å². The predicted octanol–water partition coefficient (Wildman–Crippen LogP) is 2.42. The molecule has 0 saturated heterocycles. The quantitative estimate of drug-likeness (QED) is 0.598. The van der Waals surface area contributed by atoms with Gasteiger partial charge in [0.05, 0.1) is 5.56 Å². The second-order valence-corrected chi connectivity index (χ2v) is 6.21. The Bertz CT molecular complexity index is 852. The molecule has 0 unspecified atom stereocenters. The fourth-order valence-electron chi connectivity index (χ4n) is 2.18. The first-order valence-electron chi connectivity index (χ1n) is 8.01. The summed E-state index contributed by atoms with van der Waals surface area (Å²) in [6.45, 7) is -0.461. The van der Waals surface area contributed by atoms with Gasteiger partial charge < -0.3 is 15.4 Å². The molecule has 0 radical (unpaired) electrons. The van der Waals surface area contributed by atoms with Gasteiger partial charge in [-0.05, 0) is 43.2 Å². The Hall–Kier alpha value is -2.93. The molecular weight excluding hydrogens is 358 g/mol. The number of amides is 2. The number of benzene rings is 1. The van der Waals surface area contributed by atoms with Gasteiger partial charge in [0.15, 0.2) is 6.61 Å². The molecule has 1 fully saturated rings. The lowest BCUT2D eigenvalue weighted by Crippen LogP contribution is -2.25. The number of halogens is 1. The van der Waals surface area contributed by atoms with E-state index in [0.717, 1.165) is 12.8 Å². The molecule has 1 saturated carbocycles. The largest absolute Gasteiger partial charge is 0.452 e. The van der Waals surface area contributed by atoms with Crippen LogP contribution in [0.4, 0.5) is 5.69 Å². The van der Waals surface area contributed by atoms with Crippen LogP contribution < -0.4 is 10.6 Å². The molecular formula is C18H16ClN3O4. The highest BCUT2D eigenvalue weighted by Crippen LogP contribution is 2.20. The van der Waals surface area contributed by atoms with Crippen molar-refractivity contribution < 1.29 is 19.1 Å². The van der Waals surface area contributed by atoms with Gasteiger partial charge in [-0.3, -0.25) is 9.59 Å². The summed E-state index contributed by atoms with van der Waals surface area (Å²) in [7, 11) is 0. The molecule has 134 valence electrons. The molecule has 1 aromatic heterocycles. The van der Waals surface area contributed by atoms with Crippen molar-refractivity contribution in [2.24, 2.45) is 0 Å². The number of anilines is 1. The van der Waals surface area contributed by atoms with Crippen LogP contribution in [-0.4, -0.2) is 35.4 Å². The van der Waals surface area contributed by atoms with Crippen molar-refractivity contribution in [1.82, 2.24) is 10.3 Å². The SMILES string of the molecule is O=C(COC(=O)c1ccnc(Cl)c1)Nc1cccc(C(=O)NC2CC2)c1. The summed E-state index contributed by atoms with van der Waals surface area (Å²) in [6, 6.07) is 9.60. The van der Waals surface area contributed by atoms with Crippen LogP contribution in [0.25, 0.3) is 0 Å². The van der Waals surface area contributed by atoms with Crippen LogP contribution in [0, 0.1) is 0 Å². The van der Waals surface area contributed by atoms with Gasteiger partial charge >= 0.3 is 5.97 Å². The Morgan fingerprint density at radius 3 is 2.69 bits per heavy atom. The van der Waals surface area contributed by atoms with E-state index in [1.54, 1.807) is 24.3 Å². The Labute approximate surface area is 154 Å². The number of hydrogen-bond acceptors (Lipinski definition) is 5. The number of aromatic nitrogens is 1. The van der Waals surface area contributed by atoms with Crippen molar-refractivity contribution in [2.75, 3.05) is 11.9 Å². The van der Waals surface area contributed by atoms with Gasteiger partial charge in [-0.25, -0.2) is 9.78 Å². The van der Waals surface area contributed by atoms with Gasteiger partial charge in [0, 0.05) is 23.5 Å². The van der Waals surface area contributed by atoms with Crippen LogP contribution in [0.2, 0.25) is 5.15 Å². The molecule has 8 heteroatoms. The third-order valence-electron chi connectivity index (χ3n) is 3.62. The first-order chi connectivity index (χ1) is 12.5. The summed E-state index contributed by atoms with van der Waals surface area (Å²) in [5.74, 6) is -1.37. The Kier molecular flexibility index (Phi) is 5.48. The molecule has 0 bridgehead atoms. The first kappa shape index (κ1) is 17.9. The van der Waals surface area contributed by atoms with Gasteiger partial charge in [0.25, 0.3) is 11.8 Å². The summed E-state index contributed by atoms with van der Waals surface area (Å²) >= 11 is 5.70. The number of pyridine rings is 1. The van der Waals surface area contributed by atoms with Gasteiger partial charge in [0.2, 0.25) is 0 Å². The van der Waals surface area contributed by atoms with E-state index >= 15 is 0 Å². The molecule has 26 heavy (non-hydrogen) atoms. The van der Waals surface area contributed by atoms with E-state index in [2.05, 4.69) is 15.6 Å². The van der Waals surface area contributed by atoms with Crippen molar-refractivity contribution in [3.63, 3.8) is 0 Å². The van der Waals surface area contributed by atoms with Crippen LogP contribution in [0.5, 0.6) is 0 Å². The third kappa shape index (κ3) is 5.03. The van der Waals surface area contributed by atoms with E-state index in [1.165, 1.54) is 18.3 Å². The zero-order valence-corrected chi connectivity index (χ0v) is 14.5. The van der Waals surface area contributed by atoms with Gasteiger partial charge in [-0.1, -0.05) is 17.7 Å². The number of rotatable bonds is 6. The third-order valence-corrected chi connectivity index (χ3v) is 3.82. The highest BCUT2D eigenvalue weighted by Gasteiger charge is 2.23. The smallest absolute Gasteiger partial charge is 0.338 e. The average Bonchev–Trinajstić information content (AvgIpc) is 3.44. The van der Waals surface area contributed by atoms with E-state index in [9.17, 15) is 14.4 Å². The minimum absolute atomic E-state index is 0.158. The maximum atomic E-state index is 12.0. The molecule has 3 rings (SSSR count).